The molecule has 194 valence electrons. The first-order valence-corrected chi connectivity index (χ1v) is 12.1. The second-order valence-corrected chi connectivity index (χ2v) is 8.81. The van der Waals surface area contributed by atoms with Gasteiger partial charge in [-0.05, 0) is 66.7 Å². The first-order chi connectivity index (χ1) is 18.5. The molecule has 1 fully saturated rings. The summed E-state index contributed by atoms with van der Waals surface area (Å²) in [4.78, 5) is 28.5. The Kier molecular flexibility index (Phi) is 6.94. The van der Waals surface area contributed by atoms with E-state index >= 15 is 0 Å². The third-order valence-corrected chi connectivity index (χ3v) is 6.62. The predicted molar refractivity (Wildman–Crippen MR) is 143 cm³/mol. The van der Waals surface area contributed by atoms with Gasteiger partial charge in [-0.25, -0.2) is 4.68 Å². The summed E-state index contributed by atoms with van der Waals surface area (Å²) in [5.74, 6) is 1.37. The van der Waals surface area contributed by atoms with E-state index in [9.17, 15) is 14.9 Å². The van der Waals surface area contributed by atoms with Crippen molar-refractivity contribution < 1.29 is 19.2 Å². The highest BCUT2D eigenvalue weighted by Gasteiger charge is 2.26. The minimum atomic E-state index is -0.454. The quantitative estimate of drug-likeness (QED) is 0.266. The molecule has 0 spiro atoms. The molecule has 4 aromatic rings. The lowest BCUT2D eigenvalue weighted by Crippen LogP contribution is -2.49. The van der Waals surface area contributed by atoms with Gasteiger partial charge in [0.2, 0.25) is 0 Å². The van der Waals surface area contributed by atoms with Gasteiger partial charge in [-0.2, -0.15) is 5.10 Å². The topological polar surface area (TPSA) is 103 Å². The fourth-order valence-electron chi connectivity index (χ4n) is 4.47. The number of amides is 1. The van der Waals surface area contributed by atoms with E-state index in [1.54, 1.807) is 37.1 Å². The van der Waals surface area contributed by atoms with Crippen LogP contribution >= 0.6 is 0 Å². The van der Waals surface area contributed by atoms with Crippen LogP contribution in [-0.2, 0) is 0 Å². The van der Waals surface area contributed by atoms with Gasteiger partial charge in [0.05, 0.1) is 30.5 Å². The van der Waals surface area contributed by atoms with Gasteiger partial charge in [-0.1, -0.05) is 0 Å². The standard InChI is InChI=1S/C28H27N5O5/c1-37-24-11-3-20(4-12-24)26-19-27(32(29-26)22-5-7-23(8-6-22)33(35)36)28(34)31-17-15-30(16-18-31)21-9-13-25(38-2)14-10-21/h3-14,19H,15-18H2,1-2H3. The molecule has 1 aromatic heterocycles. The van der Waals surface area contributed by atoms with Crippen LogP contribution in [0.4, 0.5) is 11.4 Å². The smallest absolute Gasteiger partial charge is 0.272 e. The lowest BCUT2D eigenvalue weighted by Gasteiger charge is -2.36. The van der Waals surface area contributed by atoms with Crippen molar-refractivity contribution in [1.82, 2.24) is 14.7 Å². The van der Waals surface area contributed by atoms with E-state index in [2.05, 4.69) is 4.90 Å². The molecule has 0 aliphatic carbocycles. The van der Waals surface area contributed by atoms with Crippen molar-refractivity contribution in [3.8, 4) is 28.4 Å². The van der Waals surface area contributed by atoms with E-state index in [1.807, 2.05) is 53.4 Å². The zero-order chi connectivity index (χ0) is 26.6. The Labute approximate surface area is 219 Å². The van der Waals surface area contributed by atoms with Crippen LogP contribution < -0.4 is 14.4 Å². The lowest BCUT2D eigenvalue weighted by atomic mass is 10.1. The molecule has 38 heavy (non-hydrogen) atoms. The van der Waals surface area contributed by atoms with Crippen LogP contribution in [0, 0.1) is 10.1 Å². The Bertz CT molecular complexity index is 1420. The zero-order valence-corrected chi connectivity index (χ0v) is 21.1. The van der Waals surface area contributed by atoms with Crippen molar-refractivity contribution in [2.24, 2.45) is 0 Å². The van der Waals surface area contributed by atoms with Gasteiger partial charge in [0, 0.05) is 49.6 Å². The van der Waals surface area contributed by atoms with Crippen LogP contribution in [0.3, 0.4) is 0 Å². The number of nitrogens with zero attached hydrogens (tertiary/aromatic N) is 5. The number of aromatic nitrogens is 2. The van der Waals surface area contributed by atoms with Gasteiger partial charge in [0.1, 0.15) is 17.2 Å². The summed E-state index contributed by atoms with van der Waals surface area (Å²) in [6.07, 6.45) is 0. The fourth-order valence-corrected chi connectivity index (χ4v) is 4.47. The van der Waals surface area contributed by atoms with Crippen molar-refractivity contribution in [2.75, 3.05) is 45.3 Å². The summed E-state index contributed by atoms with van der Waals surface area (Å²) in [5.41, 5.74) is 3.45. The number of ether oxygens (including phenoxy) is 2. The Morgan fingerprint density at radius 1 is 0.816 bits per heavy atom. The SMILES string of the molecule is COc1ccc(-c2cc(C(=O)N3CCN(c4ccc(OC)cc4)CC3)n(-c3ccc([N+](=O)[O-])cc3)n2)cc1. The van der Waals surface area contributed by atoms with Crippen molar-refractivity contribution in [2.45, 2.75) is 0 Å². The van der Waals surface area contributed by atoms with E-state index in [0.29, 0.717) is 43.3 Å². The minimum Gasteiger partial charge on any atom is -0.497 e. The van der Waals surface area contributed by atoms with Crippen molar-refractivity contribution in [3.63, 3.8) is 0 Å². The van der Waals surface area contributed by atoms with Gasteiger partial charge in [-0.3, -0.25) is 14.9 Å². The normalized spacial score (nSPS) is 13.3. The Hall–Kier alpha value is -4.86. The van der Waals surface area contributed by atoms with E-state index in [-0.39, 0.29) is 11.6 Å². The molecule has 0 saturated carbocycles. The van der Waals surface area contributed by atoms with Crippen LogP contribution in [0.5, 0.6) is 11.5 Å². The van der Waals surface area contributed by atoms with Crippen LogP contribution in [0.25, 0.3) is 16.9 Å². The van der Waals surface area contributed by atoms with Crippen molar-refractivity contribution >= 4 is 17.3 Å². The molecular weight excluding hydrogens is 486 g/mol. The summed E-state index contributed by atoms with van der Waals surface area (Å²) in [6, 6.07) is 23.1. The van der Waals surface area contributed by atoms with Gasteiger partial charge in [0.15, 0.2) is 0 Å². The maximum atomic E-state index is 13.7. The monoisotopic (exact) mass is 513 g/mol. The number of rotatable bonds is 7. The summed E-state index contributed by atoms with van der Waals surface area (Å²) < 4.78 is 12.1. The molecule has 0 atom stereocenters. The Morgan fingerprint density at radius 2 is 1.37 bits per heavy atom. The van der Waals surface area contributed by atoms with E-state index < -0.39 is 4.92 Å². The maximum absolute atomic E-state index is 13.7. The van der Waals surface area contributed by atoms with E-state index in [0.717, 1.165) is 22.7 Å². The van der Waals surface area contributed by atoms with Crippen LogP contribution in [0.1, 0.15) is 10.5 Å². The van der Waals surface area contributed by atoms with Crippen molar-refractivity contribution in [1.29, 1.82) is 0 Å². The highest BCUT2D eigenvalue weighted by Crippen LogP contribution is 2.27. The number of anilines is 1. The molecule has 0 unspecified atom stereocenters. The number of carbonyl (C=O) groups is 1. The second-order valence-electron chi connectivity index (χ2n) is 8.81. The molecule has 1 aliphatic rings. The molecule has 0 bridgehead atoms. The second kappa shape index (κ2) is 10.6. The molecule has 3 aromatic carbocycles. The molecule has 10 nitrogen and oxygen atoms in total. The number of hydrogen-bond donors (Lipinski definition) is 0. The third kappa shape index (κ3) is 5.01. The average Bonchev–Trinajstić information content (AvgIpc) is 3.42. The molecular formula is C28H27N5O5. The van der Waals surface area contributed by atoms with Gasteiger partial charge in [-0.15, -0.1) is 0 Å². The molecule has 1 saturated heterocycles. The summed E-state index contributed by atoms with van der Waals surface area (Å²) >= 11 is 0. The summed E-state index contributed by atoms with van der Waals surface area (Å²) in [5, 5.41) is 15.8. The minimum absolute atomic E-state index is 0.0289. The van der Waals surface area contributed by atoms with Crippen molar-refractivity contribution in [3.05, 3.63) is 94.7 Å². The fraction of sp³-hybridized carbons (Fsp3) is 0.214. The zero-order valence-electron chi connectivity index (χ0n) is 21.1. The van der Waals surface area contributed by atoms with Gasteiger partial charge >= 0.3 is 0 Å². The number of methoxy groups -OCH3 is 2. The first-order valence-electron chi connectivity index (χ1n) is 12.1. The number of nitro groups is 1. The summed E-state index contributed by atoms with van der Waals surface area (Å²) in [7, 11) is 3.24. The van der Waals surface area contributed by atoms with E-state index in [1.165, 1.54) is 12.1 Å². The van der Waals surface area contributed by atoms with Gasteiger partial charge < -0.3 is 19.3 Å². The highest BCUT2D eigenvalue weighted by atomic mass is 16.6. The summed E-state index contributed by atoms with van der Waals surface area (Å²) in [6.45, 7) is 2.48. The van der Waals surface area contributed by atoms with E-state index in [4.69, 9.17) is 14.6 Å². The van der Waals surface area contributed by atoms with Crippen LogP contribution in [0.15, 0.2) is 78.9 Å². The average molecular weight is 514 g/mol. The largest absolute Gasteiger partial charge is 0.497 e. The number of piperazine rings is 1. The molecule has 1 amide bonds. The molecule has 1 aliphatic heterocycles. The Morgan fingerprint density at radius 3 is 1.92 bits per heavy atom. The van der Waals surface area contributed by atoms with Gasteiger partial charge in [0.25, 0.3) is 11.6 Å². The number of non-ortho nitro benzene ring substituents is 1. The first kappa shape index (κ1) is 24.8. The molecule has 10 heteroatoms. The molecule has 0 radical (unpaired) electrons. The molecule has 5 rings (SSSR count). The predicted octanol–water partition coefficient (Wildman–Crippen LogP) is 4.43. The third-order valence-electron chi connectivity index (χ3n) is 6.62. The number of carbonyl (C=O) groups excluding carboxylic acids is 1. The highest BCUT2D eigenvalue weighted by molar-refractivity contribution is 5.94. The number of benzene rings is 3. The van der Waals surface area contributed by atoms with Crippen LogP contribution in [-0.4, -0.2) is 65.9 Å². The van der Waals surface area contributed by atoms with Crippen LogP contribution in [0.2, 0.25) is 0 Å². The molecule has 0 N–H and O–H groups in total. The number of hydrogen-bond acceptors (Lipinski definition) is 7. The molecule has 2 heterocycles. The number of nitro benzene ring substituents is 1. The maximum Gasteiger partial charge on any atom is 0.272 e. The lowest BCUT2D eigenvalue weighted by molar-refractivity contribution is -0.384. The Balaban J connectivity index is 1.41.